The van der Waals surface area contributed by atoms with E-state index in [4.69, 9.17) is 0 Å². The minimum Gasteiger partial charge on any atom is -1.00 e. The van der Waals surface area contributed by atoms with Crippen molar-refractivity contribution in [2.24, 2.45) is 0 Å². The van der Waals surface area contributed by atoms with Crippen molar-refractivity contribution >= 4 is 14.4 Å². The molecule has 3 aliphatic rings. The topological polar surface area (TPSA) is 0 Å². The number of aryl methyl sites for hydroxylation is 2. The molecule has 0 aliphatic heterocycles. The van der Waals surface area contributed by atoms with Crippen molar-refractivity contribution < 1.29 is 49.0 Å². The Balaban J connectivity index is 0.000000304. The van der Waals surface area contributed by atoms with Crippen molar-refractivity contribution in [3.8, 4) is 11.1 Å². The van der Waals surface area contributed by atoms with E-state index < -0.39 is 0 Å². The van der Waals surface area contributed by atoms with Gasteiger partial charge in [0.2, 0.25) is 0 Å². The van der Waals surface area contributed by atoms with Crippen molar-refractivity contribution in [2.75, 3.05) is 0 Å². The Hall–Kier alpha value is -1.40. The van der Waals surface area contributed by atoms with Gasteiger partial charge in [-0.25, -0.2) is 11.6 Å². The third kappa shape index (κ3) is 7.71. The minimum absolute atomic E-state index is 0. The van der Waals surface area contributed by atoms with Crippen LogP contribution in [0.4, 0.5) is 0 Å². The van der Waals surface area contributed by atoms with E-state index in [2.05, 4.69) is 139 Å². The molecule has 0 unspecified atom stereocenters. The average Bonchev–Trinajstić information content (AvgIpc) is 3.52. The maximum absolute atomic E-state index is 3.65. The van der Waals surface area contributed by atoms with E-state index in [1.807, 2.05) is 0 Å². The molecule has 6 rings (SSSR count). The van der Waals surface area contributed by atoms with Crippen molar-refractivity contribution in [3.05, 3.63) is 98.6 Å². The number of hydrogen-bond donors (Lipinski definition) is 0. The molecule has 0 heterocycles. The van der Waals surface area contributed by atoms with Gasteiger partial charge in [-0.3, -0.25) is 6.08 Å². The van der Waals surface area contributed by atoms with Crippen molar-refractivity contribution in [1.29, 1.82) is 0 Å². The van der Waals surface area contributed by atoms with Gasteiger partial charge in [0.15, 0.2) is 0 Å². The summed E-state index contributed by atoms with van der Waals surface area (Å²) in [7, 11) is 0. The molecule has 0 nitrogen and oxygen atoms in total. The van der Waals surface area contributed by atoms with Gasteiger partial charge >= 0.3 is 41.3 Å². The molecule has 0 spiro atoms. The summed E-state index contributed by atoms with van der Waals surface area (Å²) >= 11 is 1.55. The van der Waals surface area contributed by atoms with E-state index in [1.165, 1.54) is 75.6 Å². The SMILES string of the molecule is CC1=[C-]C(C)(C)c2cc3c(cc21)-c1cc2c(cc1C3)C(C)(C)C=C2C.CCc1[cH-]c(C)cc1C(C)(C)C.C[C](C)=[Zr+2].[Cl-].[Cl-]. The molecular weight excluding hydrogens is 643 g/mol. The third-order valence-electron chi connectivity index (χ3n) is 8.74. The normalized spacial score (nSPS) is 16.0. The Morgan fingerprint density at radius 1 is 0.837 bits per heavy atom. The van der Waals surface area contributed by atoms with E-state index in [0.29, 0.717) is 5.41 Å². The smallest absolute Gasteiger partial charge is 1.00 e. The van der Waals surface area contributed by atoms with Gasteiger partial charge in [0.05, 0.1) is 0 Å². The molecule has 0 N–H and O–H groups in total. The summed E-state index contributed by atoms with van der Waals surface area (Å²) in [5, 5.41) is 0. The molecule has 3 aromatic carbocycles. The van der Waals surface area contributed by atoms with Crippen LogP contribution in [0.15, 0.2) is 42.5 Å². The Bertz CT molecular complexity index is 1490. The predicted octanol–water partition coefficient (Wildman–Crippen LogP) is 4.78. The molecule has 0 fully saturated rings. The second-order valence-electron chi connectivity index (χ2n) is 14.8. The molecule has 0 saturated heterocycles. The first-order valence-corrected chi connectivity index (χ1v) is 16.5. The fourth-order valence-corrected chi connectivity index (χ4v) is 6.98. The summed E-state index contributed by atoms with van der Waals surface area (Å²) in [6.45, 7) is 29.2. The van der Waals surface area contributed by atoms with E-state index in [1.54, 1.807) is 24.2 Å². The minimum atomic E-state index is 0. The molecular formula is C40H50Cl2Zr-2. The molecule has 3 aliphatic carbocycles. The average molecular weight is 693 g/mol. The Morgan fingerprint density at radius 3 is 1.84 bits per heavy atom. The summed E-state index contributed by atoms with van der Waals surface area (Å²) in [4.78, 5) is 0. The molecule has 0 radical (unpaired) electrons. The summed E-state index contributed by atoms with van der Waals surface area (Å²) in [6, 6.07) is 14.4. The van der Waals surface area contributed by atoms with Gasteiger partial charge in [-0.1, -0.05) is 105 Å². The first-order valence-electron chi connectivity index (χ1n) is 15.3. The zero-order valence-corrected chi connectivity index (χ0v) is 32.7. The number of benzene rings is 2. The zero-order chi connectivity index (χ0) is 30.7. The molecule has 3 aromatic rings. The fourth-order valence-electron chi connectivity index (χ4n) is 6.98. The van der Waals surface area contributed by atoms with Crippen LogP contribution in [0.2, 0.25) is 0 Å². The number of halogens is 2. The predicted molar refractivity (Wildman–Crippen MR) is 178 cm³/mol. The van der Waals surface area contributed by atoms with Crippen LogP contribution < -0.4 is 24.8 Å². The second kappa shape index (κ2) is 13.5. The first kappa shape index (κ1) is 37.8. The molecule has 230 valence electrons. The molecule has 43 heavy (non-hydrogen) atoms. The van der Waals surface area contributed by atoms with Crippen LogP contribution in [-0.2, 0) is 53.3 Å². The number of allylic oxidation sites excluding steroid dienone is 4. The van der Waals surface area contributed by atoms with E-state index >= 15 is 0 Å². The maximum Gasteiger partial charge on any atom is -1.00 e. The zero-order valence-electron chi connectivity index (χ0n) is 28.7. The van der Waals surface area contributed by atoms with Crippen LogP contribution in [0.3, 0.4) is 0 Å². The van der Waals surface area contributed by atoms with Crippen LogP contribution in [0, 0.1) is 13.0 Å². The largest absolute Gasteiger partial charge is 1.00 e. The first-order chi connectivity index (χ1) is 18.9. The third-order valence-corrected chi connectivity index (χ3v) is 8.74. The van der Waals surface area contributed by atoms with Gasteiger partial charge < -0.3 is 24.8 Å². The second-order valence-corrected chi connectivity index (χ2v) is 17.2. The van der Waals surface area contributed by atoms with Gasteiger partial charge in [-0.15, -0.1) is 11.6 Å². The summed E-state index contributed by atoms with van der Waals surface area (Å²) in [6.07, 6.45) is 8.29. The van der Waals surface area contributed by atoms with Crippen molar-refractivity contribution in [2.45, 2.75) is 119 Å². The van der Waals surface area contributed by atoms with Crippen LogP contribution in [0.1, 0.15) is 133 Å². The monoisotopic (exact) mass is 690 g/mol. The van der Waals surface area contributed by atoms with Crippen LogP contribution in [0.5, 0.6) is 0 Å². The maximum atomic E-state index is 3.65. The summed E-state index contributed by atoms with van der Waals surface area (Å²) in [5.74, 6) is 0. The Labute approximate surface area is 290 Å². The van der Waals surface area contributed by atoms with Gasteiger partial charge in [0.25, 0.3) is 0 Å². The number of rotatable bonds is 1. The standard InChI is InChI=1S/C25H25.C12H19.C3H6.2ClH.Zr/c1-14-12-24(3,4)22-8-16-7-17-9-23-19(15(2)13-25(23,5)6)11-21(17)20(16)10-18(14)22;1-6-10-7-9(2)8-11(10)12(3,4)5;1-3-2;;;/h8-12H,7H2,1-6H3;7-8H,6H2,1-5H3;1-2H3;2*1H;/q2*-1;;;;+2/p-2. The van der Waals surface area contributed by atoms with Gasteiger partial charge in [-0.2, -0.15) is 28.3 Å². The quantitative estimate of drug-likeness (QED) is 0.252. The van der Waals surface area contributed by atoms with Crippen LogP contribution >= 0.6 is 0 Å². The molecule has 0 aromatic heterocycles. The van der Waals surface area contributed by atoms with Crippen molar-refractivity contribution in [3.63, 3.8) is 0 Å². The van der Waals surface area contributed by atoms with Gasteiger partial charge in [0, 0.05) is 5.41 Å². The fraction of sp³-hybridized carbons (Fsp3) is 0.450. The molecule has 0 atom stereocenters. The van der Waals surface area contributed by atoms with Crippen LogP contribution in [0.25, 0.3) is 22.3 Å². The van der Waals surface area contributed by atoms with Crippen LogP contribution in [-0.4, -0.2) is 3.21 Å². The molecule has 3 heteroatoms. The molecule has 0 saturated carbocycles. The molecule has 0 bridgehead atoms. The van der Waals surface area contributed by atoms with E-state index in [-0.39, 0.29) is 35.6 Å². The van der Waals surface area contributed by atoms with E-state index in [9.17, 15) is 0 Å². The van der Waals surface area contributed by atoms with Gasteiger partial charge in [-0.05, 0) is 58.4 Å². The van der Waals surface area contributed by atoms with Gasteiger partial charge in [0.1, 0.15) is 0 Å². The summed E-state index contributed by atoms with van der Waals surface area (Å²) < 4.78 is 1.51. The molecule has 0 amide bonds. The summed E-state index contributed by atoms with van der Waals surface area (Å²) in [5.41, 5.74) is 19.3. The van der Waals surface area contributed by atoms with Crippen molar-refractivity contribution in [1.82, 2.24) is 0 Å². The Morgan fingerprint density at radius 2 is 1.35 bits per heavy atom. The van der Waals surface area contributed by atoms with E-state index in [0.717, 1.165) is 12.8 Å². The Kier molecular flexibility index (Phi) is 11.9. The number of fused-ring (bicyclic) bond motifs is 5. The number of hydrogen-bond acceptors (Lipinski definition) is 0.